The monoisotopic (exact) mass is 361 g/mol. The van der Waals surface area contributed by atoms with Crippen LogP contribution in [0.15, 0.2) is 4.99 Å². The van der Waals surface area contributed by atoms with Crippen molar-refractivity contribution >= 4 is 35.3 Å². The Labute approximate surface area is 144 Å². The van der Waals surface area contributed by atoms with E-state index in [4.69, 9.17) is 23.7 Å². The number of nitrogens with zero attached hydrogens (tertiary/aromatic N) is 1. The molecular formula is C14H19NO8S. The molecule has 1 fully saturated rings. The van der Waals surface area contributed by atoms with Crippen LogP contribution in [0.25, 0.3) is 0 Å². The number of hydrogen-bond acceptors (Lipinski definition) is 10. The third-order valence-electron chi connectivity index (χ3n) is 3.07. The minimum Gasteiger partial charge on any atom is -0.456 e. The largest absolute Gasteiger partial charge is 0.456 e. The van der Waals surface area contributed by atoms with Crippen LogP contribution in [0.2, 0.25) is 0 Å². The van der Waals surface area contributed by atoms with Crippen LogP contribution in [0.3, 0.4) is 0 Å². The number of rotatable bonds is 6. The molecule has 0 bridgehead atoms. The number of carbonyl (C=O) groups is 3. The Morgan fingerprint density at radius 1 is 1.00 bits per heavy atom. The second-order valence-corrected chi connectivity index (χ2v) is 5.12. The topological polar surface area (TPSA) is 110 Å². The fraction of sp³-hybridized carbons (Fsp3) is 0.714. The molecule has 24 heavy (non-hydrogen) atoms. The second-order valence-electron chi connectivity index (χ2n) is 4.93. The second kappa shape index (κ2) is 9.43. The molecule has 5 atom stereocenters. The van der Waals surface area contributed by atoms with Crippen molar-refractivity contribution in [2.75, 3.05) is 13.7 Å². The van der Waals surface area contributed by atoms with Crippen molar-refractivity contribution < 1.29 is 38.1 Å². The molecule has 0 radical (unpaired) electrons. The van der Waals surface area contributed by atoms with E-state index in [1.54, 1.807) is 0 Å². The van der Waals surface area contributed by atoms with Gasteiger partial charge < -0.3 is 23.7 Å². The van der Waals surface area contributed by atoms with Gasteiger partial charge in [0.05, 0.1) is 11.7 Å². The Hall–Kier alpha value is -1.87. The van der Waals surface area contributed by atoms with Gasteiger partial charge in [0.25, 0.3) is 0 Å². The average Bonchev–Trinajstić information content (AvgIpc) is 2.48. The first kappa shape index (κ1) is 20.2. The highest BCUT2D eigenvalue weighted by Gasteiger charge is 2.52. The number of isothiocyanates is 1. The molecule has 0 amide bonds. The Morgan fingerprint density at radius 2 is 1.50 bits per heavy atom. The van der Waals surface area contributed by atoms with E-state index in [1.807, 2.05) is 0 Å². The zero-order valence-electron chi connectivity index (χ0n) is 13.7. The highest BCUT2D eigenvalue weighted by atomic mass is 32.1. The van der Waals surface area contributed by atoms with E-state index in [1.165, 1.54) is 27.9 Å². The molecule has 0 saturated carbocycles. The third-order valence-corrected chi connectivity index (χ3v) is 3.19. The lowest BCUT2D eigenvalue weighted by molar-refractivity contribution is -0.296. The number of hydrogen-bond donors (Lipinski definition) is 0. The van der Waals surface area contributed by atoms with E-state index in [-0.39, 0.29) is 6.54 Å². The molecule has 0 N–H and O–H groups in total. The first-order valence-electron chi connectivity index (χ1n) is 7.03. The van der Waals surface area contributed by atoms with Crippen LogP contribution in [-0.2, 0) is 38.1 Å². The summed E-state index contributed by atoms with van der Waals surface area (Å²) in [7, 11) is 1.33. The van der Waals surface area contributed by atoms with Crippen molar-refractivity contribution in [2.24, 2.45) is 4.99 Å². The van der Waals surface area contributed by atoms with E-state index in [9.17, 15) is 14.4 Å². The lowest BCUT2D eigenvalue weighted by Gasteiger charge is -2.43. The maximum absolute atomic E-state index is 11.5. The van der Waals surface area contributed by atoms with Crippen molar-refractivity contribution in [3.8, 4) is 0 Å². The molecule has 1 aliphatic rings. The van der Waals surface area contributed by atoms with Crippen molar-refractivity contribution in [1.29, 1.82) is 0 Å². The fourth-order valence-corrected chi connectivity index (χ4v) is 2.39. The molecule has 1 aliphatic heterocycles. The van der Waals surface area contributed by atoms with Crippen molar-refractivity contribution in [3.63, 3.8) is 0 Å². The van der Waals surface area contributed by atoms with Gasteiger partial charge in [-0.05, 0) is 12.2 Å². The van der Waals surface area contributed by atoms with Gasteiger partial charge in [-0.3, -0.25) is 14.4 Å². The zero-order valence-corrected chi connectivity index (χ0v) is 14.5. The molecule has 0 aromatic heterocycles. The van der Waals surface area contributed by atoms with E-state index >= 15 is 0 Å². The van der Waals surface area contributed by atoms with Crippen LogP contribution >= 0.6 is 12.2 Å². The molecule has 9 nitrogen and oxygen atoms in total. The van der Waals surface area contributed by atoms with Gasteiger partial charge in [-0.1, -0.05) is 0 Å². The minimum atomic E-state index is -1.13. The summed E-state index contributed by atoms with van der Waals surface area (Å²) in [6.07, 6.45) is -5.18. The highest BCUT2D eigenvalue weighted by molar-refractivity contribution is 7.78. The van der Waals surface area contributed by atoms with Gasteiger partial charge in [0.15, 0.2) is 24.6 Å². The number of methoxy groups -OCH3 is 1. The Bertz CT molecular complexity index is 533. The molecule has 0 aromatic rings. The highest BCUT2D eigenvalue weighted by Crippen LogP contribution is 2.29. The summed E-state index contributed by atoms with van der Waals surface area (Å²) in [4.78, 5) is 38.0. The summed E-state index contributed by atoms with van der Waals surface area (Å²) in [5.41, 5.74) is 0. The summed E-state index contributed by atoms with van der Waals surface area (Å²) < 4.78 is 26.4. The number of aliphatic imine (C=N–C) groups is 1. The number of thiocarbonyl (C=S) groups is 1. The van der Waals surface area contributed by atoms with Crippen LogP contribution < -0.4 is 0 Å². The summed E-state index contributed by atoms with van der Waals surface area (Å²) in [6.45, 7) is 3.54. The Kier molecular flexibility index (Phi) is 7.93. The zero-order chi connectivity index (χ0) is 18.3. The summed E-state index contributed by atoms with van der Waals surface area (Å²) in [5.74, 6) is -1.92. The van der Waals surface area contributed by atoms with Crippen LogP contribution in [0, 0.1) is 0 Å². The minimum absolute atomic E-state index is 0.00807. The van der Waals surface area contributed by atoms with E-state index in [2.05, 4.69) is 22.4 Å². The van der Waals surface area contributed by atoms with E-state index < -0.39 is 48.6 Å². The first-order valence-corrected chi connectivity index (χ1v) is 7.44. The normalized spacial score (nSPS) is 29.1. The van der Waals surface area contributed by atoms with Crippen molar-refractivity contribution in [3.05, 3.63) is 0 Å². The summed E-state index contributed by atoms with van der Waals surface area (Å²) in [6, 6.07) is 0. The van der Waals surface area contributed by atoms with Crippen LogP contribution in [0.4, 0.5) is 0 Å². The lowest BCUT2D eigenvalue weighted by Crippen LogP contribution is -2.62. The first-order chi connectivity index (χ1) is 11.3. The van der Waals surface area contributed by atoms with Gasteiger partial charge in [-0.25, -0.2) is 4.99 Å². The molecule has 0 aliphatic carbocycles. The predicted octanol–water partition coefficient (Wildman–Crippen LogP) is 0.256. The number of carbonyl (C=O) groups excluding carboxylic acids is 3. The Balaban J connectivity index is 3.22. The molecule has 1 heterocycles. The van der Waals surface area contributed by atoms with E-state index in [0.29, 0.717) is 0 Å². The molecule has 10 heteroatoms. The van der Waals surface area contributed by atoms with Gasteiger partial charge in [0.1, 0.15) is 6.10 Å². The Morgan fingerprint density at radius 3 is 1.96 bits per heavy atom. The molecule has 1 rings (SSSR count). The predicted molar refractivity (Wildman–Crippen MR) is 82.2 cm³/mol. The van der Waals surface area contributed by atoms with Crippen LogP contribution in [-0.4, -0.2) is 67.4 Å². The molecule has 0 spiro atoms. The molecule has 0 unspecified atom stereocenters. The quantitative estimate of drug-likeness (QED) is 0.285. The summed E-state index contributed by atoms with van der Waals surface area (Å²) in [5, 5.41) is 2.17. The van der Waals surface area contributed by atoms with Gasteiger partial charge >= 0.3 is 17.9 Å². The van der Waals surface area contributed by atoms with Gasteiger partial charge in [-0.15, -0.1) is 0 Å². The van der Waals surface area contributed by atoms with Gasteiger partial charge in [0.2, 0.25) is 0 Å². The third kappa shape index (κ3) is 5.64. The van der Waals surface area contributed by atoms with Gasteiger partial charge in [-0.2, -0.15) is 0 Å². The average molecular weight is 361 g/mol. The van der Waals surface area contributed by atoms with Crippen LogP contribution in [0.1, 0.15) is 20.8 Å². The summed E-state index contributed by atoms with van der Waals surface area (Å²) >= 11 is 4.52. The number of esters is 3. The molecule has 1 saturated heterocycles. The molecule has 134 valence electrons. The fourth-order valence-electron chi connectivity index (χ4n) is 2.32. The SMILES string of the molecule is CO[C@H]1O[C@H](CN=C=S)[C@@H](OC(C)=O)[C@H](OC(C)=O)[C@H]1OC(C)=O. The molecule has 0 aromatic carbocycles. The van der Waals surface area contributed by atoms with Crippen molar-refractivity contribution in [1.82, 2.24) is 0 Å². The maximum Gasteiger partial charge on any atom is 0.303 e. The molecular weight excluding hydrogens is 342 g/mol. The van der Waals surface area contributed by atoms with Crippen molar-refractivity contribution in [2.45, 2.75) is 51.5 Å². The van der Waals surface area contributed by atoms with Crippen LogP contribution in [0.5, 0.6) is 0 Å². The van der Waals surface area contributed by atoms with E-state index in [0.717, 1.165) is 0 Å². The lowest BCUT2D eigenvalue weighted by atomic mass is 9.97. The number of ether oxygens (including phenoxy) is 5. The standard InChI is InChI=1S/C14H19NO8S/c1-7(16)20-11-10(5-15-6-24)23-14(19-4)13(22-9(3)18)12(11)21-8(2)17/h10-14H,5H2,1-4H3/t10-,11-,12+,13-,14+/m1/s1. The smallest absolute Gasteiger partial charge is 0.303 e. The van der Waals surface area contributed by atoms with Gasteiger partial charge in [0, 0.05) is 27.9 Å². The maximum atomic E-state index is 11.5.